The number of rotatable bonds is 10. The third kappa shape index (κ3) is 5.70. The number of hydrogen-bond donors (Lipinski definition) is 2. The van der Waals surface area contributed by atoms with Gasteiger partial charge in [-0.15, -0.1) is 16.4 Å². The number of benzene rings is 1. The molecule has 13 heteroatoms. The summed E-state index contributed by atoms with van der Waals surface area (Å²) in [5.74, 6) is -1.75. The first-order valence-electron chi connectivity index (χ1n) is 10.2. The highest BCUT2D eigenvalue weighted by Crippen LogP contribution is 2.29. The summed E-state index contributed by atoms with van der Waals surface area (Å²) in [7, 11) is -2.50. The van der Waals surface area contributed by atoms with Gasteiger partial charge in [0, 0.05) is 12.6 Å². The molecular formula is C22H20FN5O5S2. The number of halogens is 1. The lowest BCUT2D eigenvalue weighted by Crippen LogP contribution is -2.23. The number of nitrogens with zero attached hydrogens (tertiary/aromatic N) is 4. The number of thiophene rings is 1. The zero-order valence-electron chi connectivity index (χ0n) is 18.3. The van der Waals surface area contributed by atoms with Crippen molar-refractivity contribution in [1.82, 2.24) is 24.7 Å². The highest BCUT2D eigenvalue weighted by atomic mass is 32.2. The van der Waals surface area contributed by atoms with Crippen molar-refractivity contribution in [1.29, 1.82) is 0 Å². The van der Waals surface area contributed by atoms with Crippen LogP contribution < -0.4 is 9.46 Å². The van der Waals surface area contributed by atoms with Crippen LogP contribution >= 0.6 is 11.3 Å². The second-order valence-corrected chi connectivity index (χ2v) is 10.5. The number of aliphatic carboxylic acids is 1. The summed E-state index contributed by atoms with van der Waals surface area (Å²) in [6.07, 6.45) is 2.91. The van der Waals surface area contributed by atoms with Gasteiger partial charge in [-0.25, -0.2) is 27.0 Å². The maximum Gasteiger partial charge on any atom is 0.328 e. The molecule has 2 N–H and O–H groups in total. The Balaban J connectivity index is 1.44. The molecule has 0 saturated carbocycles. The number of sulfonamides is 1. The molecule has 1 atom stereocenters. The van der Waals surface area contributed by atoms with Crippen LogP contribution in [0.25, 0.3) is 10.6 Å². The standard InChI is InChI=1S/C22H20FN5O5S2/c1-33-19-6-5-14(10-16(19)23)11-18(22(29)30)28-13-15(26-27-28)12-25-35(31,32)21-8-7-20(34-21)17-4-2-3-9-24-17/h2-10,13,18,25H,11-12H2,1H3,(H,29,30). The molecule has 4 rings (SSSR count). The minimum Gasteiger partial charge on any atom is -0.494 e. The second-order valence-electron chi connectivity index (χ2n) is 7.38. The monoisotopic (exact) mass is 517 g/mol. The Morgan fingerprint density at radius 1 is 1.26 bits per heavy atom. The van der Waals surface area contributed by atoms with E-state index in [2.05, 4.69) is 20.0 Å². The van der Waals surface area contributed by atoms with E-state index in [-0.39, 0.29) is 28.6 Å². The van der Waals surface area contributed by atoms with Gasteiger partial charge >= 0.3 is 5.97 Å². The first-order chi connectivity index (χ1) is 16.8. The quantitative estimate of drug-likeness (QED) is 0.328. The molecule has 1 aromatic carbocycles. The molecular weight excluding hydrogens is 497 g/mol. The van der Waals surface area contributed by atoms with Gasteiger partial charge in [0.2, 0.25) is 10.0 Å². The molecule has 1 unspecified atom stereocenters. The fourth-order valence-electron chi connectivity index (χ4n) is 3.25. The molecule has 0 aliphatic heterocycles. The summed E-state index contributed by atoms with van der Waals surface area (Å²) < 4.78 is 47.9. The van der Waals surface area contributed by atoms with Crippen LogP contribution in [0.1, 0.15) is 17.3 Å². The average molecular weight is 518 g/mol. The van der Waals surface area contributed by atoms with Gasteiger partial charge in [0.05, 0.1) is 36.1 Å². The van der Waals surface area contributed by atoms with E-state index in [4.69, 9.17) is 4.74 Å². The topological polar surface area (TPSA) is 136 Å². The Morgan fingerprint density at radius 3 is 2.77 bits per heavy atom. The third-order valence-corrected chi connectivity index (χ3v) is 8.02. The van der Waals surface area contributed by atoms with Crippen molar-refractivity contribution in [3.8, 4) is 16.3 Å². The van der Waals surface area contributed by atoms with Crippen molar-refractivity contribution in [2.75, 3.05) is 7.11 Å². The Labute approximate surface area is 204 Å². The normalized spacial score (nSPS) is 12.4. The summed E-state index contributed by atoms with van der Waals surface area (Å²) in [6, 6.07) is 11.5. The molecule has 0 spiro atoms. The Kier molecular flexibility index (Phi) is 7.19. The lowest BCUT2D eigenvalue weighted by Gasteiger charge is -2.13. The van der Waals surface area contributed by atoms with Gasteiger partial charge in [-0.05, 0) is 42.0 Å². The van der Waals surface area contributed by atoms with Crippen LogP contribution in [0.15, 0.2) is 65.1 Å². The van der Waals surface area contributed by atoms with Gasteiger partial charge in [0.15, 0.2) is 17.6 Å². The van der Waals surface area contributed by atoms with Crippen molar-refractivity contribution in [3.05, 3.63) is 78.0 Å². The number of nitrogens with one attached hydrogen (secondary N) is 1. The Hall–Kier alpha value is -3.68. The zero-order valence-corrected chi connectivity index (χ0v) is 20.0. The SMILES string of the molecule is COc1ccc(CC(C(=O)O)n2cc(CNS(=O)(=O)c3ccc(-c4ccccn4)s3)nn2)cc1F. The summed E-state index contributed by atoms with van der Waals surface area (Å²) in [6.45, 7) is -0.192. The minimum atomic E-state index is -3.84. The van der Waals surface area contributed by atoms with E-state index < -0.39 is 27.9 Å². The van der Waals surface area contributed by atoms with E-state index in [9.17, 15) is 22.7 Å². The molecule has 0 radical (unpaired) electrons. The summed E-state index contributed by atoms with van der Waals surface area (Å²) in [4.78, 5) is 16.7. The first kappa shape index (κ1) is 24.4. The lowest BCUT2D eigenvalue weighted by atomic mass is 10.1. The second kappa shape index (κ2) is 10.3. The molecule has 35 heavy (non-hydrogen) atoms. The molecule has 0 saturated heterocycles. The minimum absolute atomic E-state index is 0.0499. The zero-order chi connectivity index (χ0) is 25.0. The largest absolute Gasteiger partial charge is 0.494 e. The van der Waals surface area contributed by atoms with Crippen LogP contribution in [-0.4, -0.2) is 46.6 Å². The average Bonchev–Trinajstić information content (AvgIpc) is 3.52. The smallest absolute Gasteiger partial charge is 0.328 e. The number of carboxylic acid groups (broad SMARTS) is 1. The molecule has 0 amide bonds. The van der Waals surface area contributed by atoms with E-state index in [0.717, 1.165) is 16.0 Å². The van der Waals surface area contributed by atoms with Crippen molar-refractivity contribution in [3.63, 3.8) is 0 Å². The fraction of sp³-hybridized carbons (Fsp3) is 0.182. The number of methoxy groups -OCH3 is 1. The van der Waals surface area contributed by atoms with Gasteiger partial charge < -0.3 is 9.84 Å². The van der Waals surface area contributed by atoms with Gasteiger partial charge in [-0.2, -0.15) is 0 Å². The van der Waals surface area contributed by atoms with E-state index in [1.165, 1.54) is 31.5 Å². The molecule has 0 fully saturated rings. The number of carboxylic acids is 1. The molecule has 0 aliphatic carbocycles. The van der Waals surface area contributed by atoms with E-state index in [1.54, 1.807) is 30.5 Å². The van der Waals surface area contributed by atoms with E-state index >= 15 is 0 Å². The number of ether oxygens (including phenoxy) is 1. The Morgan fingerprint density at radius 2 is 2.09 bits per heavy atom. The van der Waals surface area contributed by atoms with Crippen molar-refractivity contribution >= 4 is 27.3 Å². The van der Waals surface area contributed by atoms with Gasteiger partial charge in [0.1, 0.15) is 4.21 Å². The molecule has 182 valence electrons. The van der Waals surface area contributed by atoms with Gasteiger partial charge in [-0.3, -0.25) is 4.98 Å². The number of pyridine rings is 1. The van der Waals surface area contributed by atoms with Gasteiger partial charge in [0.25, 0.3) is 0 Å². The molecule has 3 heterocycles. The highest BCUT2D eigenvalue weighted by Gasteiger charge is 2.24. The predicted octanol–water partition coefficient (Wildman–Crippen LogP) is 2.90. The summed E-state index contributed by atoms with van der Waals surface area (Å²) in [5.41, 5.74) is 1.32. The summed E-state index contributed by atoms with van der Waals surface area (Å²) >= 11 is 1.08. The first-order valence-corrected chi connectivity index (χ1v) is 12.5. The predicted molar refractivity (Wildman–Crippen MR) is 125 cm³/mol. The summed E-state index contributed by atoms with van der Waals surface area (Å²) in [5, 5.41) is 17.4. The van der Waals surface area contributed by atoms with Crippen LogP contribution in [0.5, 0.6) is 5.75 Å². The molecule has 3 aromatic heterocycles. The number of aromatic nitrogens is 4. The van der Waals surface area contributed by atoms with Crippen LogP contribution in [0.4, 0.5) is 4.39 Å². The fourth-order valence-corrected chi connectivity index (χ4v) is 5.58. The van der Waals surface area contributed by atoms with Crippen LogP contribution in [-0.2, 0) is 27.8 Å². The van der Waals surface area contributed by atoms with Crippen molar-refractivity contribution in [2.45, 2.75) is 23.2 Å². The highest BCUT2D eigenvalue weighted by molar-refractivity contribution is 7.91. The molecule has 0 bridgehead atoms. The maximum absolute atomic E-state index is 14.0. The molecule has 0 aliphatic rings. The molecule has 4 aromatic rings. The number of carbonyl (C=O) groups is 1. The van der Waals surface area contributed by atoms with Crippen LogP contribution in [0.2, 0.25) is 0 Å². The Bertz CT molecular complexity index is 1440. The van der Waals surface area contributed by atoms with E-state index in [0.29, 0.717) is 16.1 Å². The van der Waals surface area contributed by atoms with E-state index in [1.807, 2.05) is 6.07 Å². The van der Waals surface area contributed by atoms with Crippen molar-refractivity contribution < 1.29 is 27.4 Å². The molecule has 10 nitrogen and oxygen atoms in total. The lowest BCUT2D eigenvalue weighted by molar-refractivity contribution is -0.141. The van der Waals surface area contributed by atoms with Crippen LogP contribution in [0, 0.1) is 5.82 Å². The van der Waals surface area contributed by atoms with Crippen LogP contribution in [0.3, 0.4) is 0 Å². The van der Waals surface area contributed by atoms with Crippen molar-refractivity contribution in [2.24, 2.45) is 0 Å². The third-order valence-electron chi connectivity index (χ3n) is 5.01. The number of hydrogen-bond acceptors (Lipinski definition) is 8. The maximum atomic E-state index is 14.0. The van der Waals surface area contributed by atoms with Gasteiger partial charge in [-0.1, -0.05) is 17.3 Å².